The summed E-state index contributed by atoms with van der Waals surface area (Å²) in [4.78, 5) is 34.6. The van der Waals surface area contributed by atoms with Crippen molar-refractivity contribution in [1.29, 1.82) is 0 Å². The summed E-state index contributed by atoms with van der Waals surface area (Å²) in [6, 6.07) is 8.62. The molecule has 130 valence electrons. The van der Waals surface area contributed by atoms with Crippen LogP contribution in [0.1, 0.15) is 30.0 Å². The van der Waals surface area contributed by atoms with E-state index < -0.39 is 22.9 Å². The van der Waals surface area contributed by atoms with Crippen LogP contribution in [0.4, 0.5) is 5.69 Å². The zero-order valence-corrected chi connectivity index (χ0v) is 13.6. The Bertz CT molecular complexity index is 808. The molecule has 0 unspecified atom stereocenters. The van der Waals surface area contributed by atoms with E-state index in [9.17, 15) is 19.7 Å². The quantitative estimate of drug-likeness (QED) is 0.373. The molecule has 0 atom stereocenters. The zero-order chi connectivity index (χ0) is 18.4. The summed E-state index contributed by atoms with van der Waals surface area (Å²) in [6.07, 6.45) is 2.23. The Kier molecular flexibility index (Phi) is 5.67. The van der Waals surface area contributed by atoms with E-state index in [4.69, 9.17) is 9.15 Å². The van der Waals surface area contributed by atoms with Crippen molar-refractivity contribution in [1.82, 2.24) is 5.32 Å². The molecule has 1 heterocycles. The van der Waals surface area contributed by atoms with Crippen LogP contribution in [0.2, 0.25) is 0 Å². The fourth-order valence-corrected chi connectivity index (χ4v) is 1.91. The van der Waals surface area contributed by atoms with Crippen molar-refractivity contribution in [3.63, 3.8) is 0 Å². The van der Waals surface area contributed by atoms with Crippen molar-refractivity contribution < 1.29 is 23.7 Å². The number of rotatable bonds is 6. The summed E-state index contributed by atoms with van der Waals surface area (Å²) in [5.74, 6) is -1.38. The van der Waals surface area contributed by atoms with Crippen LogP contribution in [0.5, 0.6) is 0 Å². The molecule has 0 radical (unpaired) electrons. The van der Waals surface area contributed by atoms with Crippen molar-refractivity contribution >= 4 is 23.6 Å². The first kappa shape index (κ1) is 17.9. The number of esters is 1. The number of amides is 1. The number of carbonyl (C=O) groups excluding carboxylic acids is 2. The number of hydrogen-bond acceptors (Lipinski definition) is 6. The molecule has 2 rings (SSSR count). The van der Waals surface area contributed by atoms with Gasteiger partial charge in [0.15, 0.2) is 5.76 Å². The van der Waals surface area contributed by atoms with E-state index in [1.807, 2.05) is 0 Å². The first-order valence-corrected chi connectivity index (χ1v) is 7.39. The van der Waals surface area contributed by atoms with E-state index in [2.05, 4.69) is 5.32 Å². The molecule has 0 fully saturated rings. The average molecular weight is 344 g/mol. The second-order valence-electron chi connectivity index (χ2n) is 5.30. The lowest BCUT2D eigenvalue weighted by Gasteiger charge is -2.11. The highest BCUT2D eigenvalue weighted by molar-refractivity contribution is 6.02. The summed E-state index contributed by atoms with van der Waals surface area (Å²) in [7, 11) is 0. The third-order valence-electron chi connectivity index (χ3n) is 2.95. The van der Waals surface area contributed by atoms with E-state index in [-0.39, 0.29) is 17.1 Å². The molecule has 0 saturated carbocycles. The maximum atomic E-state index is 12.2. The predicted molar refractivity (Wildman–Crippen MR) is 88.5 cm³/mol. The van der Waals surface area contributed by atoms with E-state index in [1.165, 1.54) is 42.7 Å². The lowest BCUT2D eigenvalue weighted by Crippen LogP contribution is -2.29. The number of nitro groups is 1. The third-order valence-corrected chi connectivity index (χ3v) is 2.95. The normalized spacial score (nSPS) is 11.2. The Balaban J connectivity index is 2.33. The van der Waals surface area contributed by atoms with E-state index in [1.54, 1.807) is 19.9 Å². The summed E-state index contributed by atoms with van der Waals surface area (Å²) in [5, 5.41) is 13.3. The number of non-ortho nitro benzene ring substituents is 1. The molecule has 1 amide bonds. The molecular formula is C17H16N2O6. The van der Waals surface area contributed by atoms with Gasteiger partial charge in [0.2, 0.25) is 0 Å². The standard InChI is InChI=1S/C17H16N2O6/c1-11(2)25-17(21)14(18-16(20)15-7-4-8-24-15)10-12-5-3-6-13(9-12)19(22)23/h3-11H,1-2H3,(H,18,20)/b14-10-. The van der Waals surface area contributed by atoms with Gasteiger partial charge in [0.05, 0.1) is 17.3 Å². The number of ether oxygens (including phenoxy) is 1. The molecular weight excluding hydrogens is 328 g/mol. The van der Waals surface area contributed by atoms with Crippen LogP contribution in [0.3, 0.4) is 0 Å². The molecule has 0 aliphatic carbocycles. The highest BCUT2D eigenvalue weighted by Gasteiger charge is 2.19. The first-order valence-electron chi connectivity index (χ1n) is 7.39. The average Bonchev–Trinajstić information content (AvgIpc) is 3.08. The number of benzene rings is 1. The summed E-state index contributed by atoms with van der Waals surface area (Å²) in [5.41, 5.74) is 0.0722. The largest absolute Gasteiger partial charge is 0.459 e. The van der Waals surface area contributed by atoms with Crippen LogP contribution < -0.4 is 5.32 Å². The van der Waals surface area contributed by atoms with Crippen LogP contribution in [-0.4, -0.2) is 22.9 Å². The Labute approximate surface area is 143 Å². The maximum absolute atomic E-state index is 12.2. The lowest BCUT2D eigenvalue weighted by molar-refractivity contribution is -0.384. The van der Waals surface area contributed by atoms with Crippen molar-refractivity contribution in [3.8, 4) is 0 Å². The molecule has 1 N–H and O–H groups in total. The molecule has 1 aromatic carbocycles. The summed E-state index contributed by atoms with van der Waals surface area (Å²) in [6.45, 7) is 3.33. The number of nitrogens with one attached hydrogen (secondary N) is 1. The molecule has 0 bridgehead atoms. The Hall–Kier alpha value is -3.42. The number of nitrogens with zero attached hydrogens (tertiary/aromatic N) is 1. The van der Waals surface area contributed by atoms with Crippen LogP contribution in [0.25, 0.3) is 6.08 Å². The van der Waals surface area contributed by atoms with Crippen LogP contribution >= 0.6 is 0 Å². The number of furan rings is 1. The third kappa shape index (κ3) is 5.03. The summed E-state index contributed by atoms with van der Waals surface area (Å²) >= 11 is 0. The fraction of sp³-hybridized carbons (Fsp3) is 0.176. The highest BCUT2D eigenvalue weighted by Crippen LogP contribution is 2.16. The fourth-order valence-electron chi connectivity index (χ4n) is 1.91. The lowest BCUT2D eigenvalue weighted by atomic mass is 10.1. The van der Waals surface area contributed by atoms with Gasteiger partial charge in [0.25, 0.3) is 11.6 Å². The predicted octanol–water partition coefficient (Wildman–Crippen LogP) is 2.91. The van der Waals surface area contributed by atoms with E-state index in [0.717, 1.165) is 0 Å². The number of nitro benzene ring substituents is 1. The van der Waals surface area contributed by atoms with Crippen LogP contribution in [-0.2, 0) is 9.53 Å². The summed E-state index contributed by atoms with van der Waals surface area (Å²) < 4.78 is 10.1. The minimum Gasteiger partial charge on any atom is -0.459 e. The SMILES string of the molecule is CC(C)OC(=O)/C(=C/c1cccc([N+](=O)[O-])c1)NC(=O)c1ccco1. The molecule has 25 heavy (non-hydrogen) atoms. The van der Waals surface area contributed by atoms with Gasteiger partial charge in [0.1, 0.15) is 5.70 Å². The smallest absolute Gasteiger partial charge is 0.355 e. The minimum atomic E-state index is -0.763. The van der Waals surface area contributed by atoms with Gasteiger partial charge in [-0.1, -0.05) is 12.1 Å². The van der Waals surface area contributed by atoms with Crippen molar-refractivity contribution in [2.24, 2.45) is 0 Å². The Morgan fingerprint density at radius 2 is 2.04 bits per heavy atom. The molecule has 2 aromatic rings. The topological polar surface area (TPSA) is 112 Å². The van der Waals surface area contributed by atoms with Gasteiger partial charge in [-0.25, -0.2) is 4.79 Å². The van der Waals surface area contributed by atoms with Crippen LogP contribution in [0, 0.1) is 10.1 Å². The molecule has 8 heteroatoms. The molecule has 0 aliphatic heterocycles. The Morgan fingerprint density at radius 1 is 1.28 bits per heavy atom. The van der Waals surface area contributed by atoms with Gasteiger partial charge in [0, 0.05) is 12.1 Å². The second kappa shape index (κ2) is 7.91. The monoisotopic (exact) mass is 344 g/mol. The Morgan fingerprint density at radius 3 is 2.64 bits per heavy atom. The minimum absolute atomic E-state index is 0.0160. The van der Waals surface area contributed by atoms with Gasteiger partial charge >= 0.3 is 5.97 Å². The molecule has 0 aliphatic rings. The molecule has 0 spiro atoms. The van der Waals surface area contributed by atoms with Gasteiger partial charge < -0.3 is 14.5 Å². The number of carbonyl (C=O) groups is 2. The van der Waals surface area contributed by atoms with Crippen molar-refractivity contribution in [2.75, 3.05) is 0 Å². The van der Waals surface area contributed by atoms with E-state index in [0.29, 0.717) is 5.56 Å². The van der Waals surface area contributed by atoms with Crippen molar-refractivity contribution in [2.45, 2.75) is 20.0 Å². The number of hydrogen-bond donors (Lipinski definition) is 1. The molecule has 8 nitrogen and oxygen atoms in total. The molecule has 1 aromatic heterocycles. The van der Waals surface area contributed by atoms with Gasteiger partial charge in [-0.2, -0.15) is 0 Å². The maximum Gasteiger partial charge on any atom is 0.355 e. The van der Waals surface area contributed by atoms with E-state index >= 15 is 0 Å². The van der Waals surface area contributed by atoms with Gasteiger partial charge in [-0.15, -0.1) is 0 Å². The molecule has 0 saturated heterocycles. The first-order chi connectivity index (χ1) is 11.9. The van der Waals surface area contributed by atoms with Crippen LogP contribution in [0.15, 0.2) is 52.8 Å². The highest BCUT2D eigenvalue weighted by atomic mass is 16.6. The van der Waals surface area contributed by atoms with Crippen molar-refractivity contribution in [3.05, 3.63) is 69.8 Å². The second-order valence-corrected chi connectivity index (χ2v) is 5.30. The van der Waals surface area contributed by atoms with Gasteiger partial charge in [-0.3, -0.25) is 14.9 Å². The zero-order valence-electron chi connectivity index (χ0n) is 13.6. The van der Waals surface area contributed by atoms with Gasteiger partial charge in [-0.05, 0) is 37.6 Å².